The molecule has 1 heterocycles. The minimum absolute atomic E-state index is 0.0282. The lowest BCUT2D eigenvalue weighted by Crippen LogP contribution is -2.42. The first-order valence-electron chi connectivity index (χ1n) is 6.17. The van der Waals surface area contributed by atoms with E-state index in [2.05, 4.69) is 19.1 Å². The Labute approximate surface area is 102 Å². The smallest absolute Gasteiger partial charge is 0.222 e. The Balaban J connectivity index is 2.12. The van der Waals surface area contributed by atoms with Gasteiger partial charge in [-0.15, -0.1) is 0 Å². The van der Waals surface area contributed by atoms with Gasteiger partial charge in [0.1, 0.15) is 6.10 Å². The van der Waals surface area contributed by atoms with Crippen molar-refractivity contribution >= 4 is 5.91 Å². The van der Waals surface area contributed by atoms with Gasteiger partial charge in [-0.1, -0.05) is 31.2 Å². The first-order chi connectivity index (χ1) is 8.22. The van der Waals surface area contributed by atoms with Crippen LogP contribution in [0.2, 0.25) is 0 Å². The molecular formula is C14H19NO2. The normalized spacial score (nSPS) is 20.4. The predicted octanol–water partition coefficient (Wildman–Crippen LogP) is 2.30. The standard InChI is InChI=1S/C14H19NO2/c1-3-14(16)15-8-9-17-13(10-15)12-7-5-4-6-11(12)2/h4-7,13H,3,8-10H2,1-2H3. The molecule has 0 radical (unpaired) electrons. The first-order valence-corrected chi connectivity index (χ1v) is 6.17. The predicted molar refractivity (Wildman–Crippen MR) is 66.7 cm³/mol. The van der Waals surface area contributed by atoms with Crippen molar-refractivity contribution in [1.29, 1.82) is 0 Å². The number of morpholine rings is 1. The zero-order chi connectivity index (χ0) is 12.3. The van der Waals surface area contributed by atoms with E-state index in [4.69, 9.17) is 4.74 Å². The van der Waals surface area contributed by atoms with Crippen molar-refractivity contribution in [2.75, 3.05) is 19.7 Å². The van der Waals surface area contributed by atoms with Gasteiger partial charge in [0.2, 0.25) is 5.91 Å². The molecule has 1 unspecified atom stereocenters. The lowest BCUT2D eigenvalue weighted by atomic mass is 10.0. The Hall–Kier alpha value is -1.35. The van der Waals surface area contributed by atoms with Crippen molar-refractivity contribution in [2.45, 2.75) is 26.4 Å². The topological polar surface area (TPSA) is 29.5 Å². The second-order valence-corrected chi connectivity index (χ2v) is 4.41. The van der Waals surface area contributed by atoms with E-state index in [9.17, 15) is 4.79 Å². The largest absolute Gasteiger partial charge is 0.370 e. The monoisotopic (exact) mass is 233 g/mol. The van der Waals surface area contributed by atoms with E-state index < -0.39 is 0 Å². The van der Waals surface area contributed by atoms with Crippen LogP contribution in [0.25, 0.3) is 0 Å². The van der Waals surface area contributed by atoms with Crippen LogP contribution in [-0.4, -0.2) is 30.5 Å². The molecule has 1 amide bonds. The molecule has 1 saturated heterocycles. The first kappa shape index (κ1) is 12.1. The van der Waals surface area contributed by atoms with E-state index in [1.54, 1.807) is 0 Å². The number of rotatable bonds is 2. The third kappa shape index (κ3) is 2.67. The van der Waals surface area contributed by atoms with Gasteiger partial charge >= 0.3 is 0 Å². The molecule has 1 atom stereocenters. The van der Waals surface area contributed by atoms with E-state index >= 15 is 0 Å². The van der Waals surface area contributed by atoms with Crippen molar-refractivity contribution in [2.24, 2.45) is 0 Å². The molecule has 1 aliphatic rings. The molecule has 92 valence electrons. The maximum atomic E-state index is 11.7. The molecule has 1 aromatic rings. The molecule has 1 aliphatic heterocycles. The maximum absolute atomic E-state index is 11.7. The summed E-state index contributed by atoms with van der Waals surface area (Å²) in [5.41, 5.74) is 2.42. The third-order valence-electron chi connectivity index (χ3n) is 3.26. The second-order valence-electron chi connectivity index (χ2n) is 4.41. The molecular weight excluding hydrogens is 214 g/mol. The van der Waals surface area contributed by atoms with Crippen LogP contribution < -0.4 is 0 Å². The van der Waals surface area contributed by atoms with Gasteiger partial charge in [0.15, 0.2) is 0 Å². The SMILES string of the molecule is CCC(=O)N1CCOC(c2ccccc2C)C1. The fraction of sp³-hybridized carbons (Fsp3) is 0.500. The number of aryl methyl sites for hydroxylation is 1. The highest BCUT2D eigenvalue weighted by atomic mass is 16.5. The van der Waals surface area contributed by atoms with Gasteiger partial charge in [0.25, 0.3) is 0 Å². The number of amides is 1. The van der Waals surface area contributed by atoms with Crippen LogP contribution in [0.5, 0.6) is 0 Å². The fourth-order valence-electron chi connectivity index (χ4n) is 2.24. The Morgan fingerprint density at radius 2 is 2.24 bits per heavy atom. The fourth-order valence-corrected chi connectivity index (χ4v) is 2.24. The van der Waals surface area contributed by atoms with Crippen molar-refractivity contribution < 1.29 is 9.53 Å². The summed E-state index contributed by atoms with van der Waals surface area (Å²) in [6, 6.07) is 8.21. The minimum Gasteiger partial charge on any atom is -0.370 e. The van der Waals surface area contributed by atoms with Gasteiger partial charge in [-0.25, -0.2) is 0 Å². The molecule has 1 aromatic carbocycles. The van der Waals surface area contributed by atoms with Crippen molar-refractivity contribution in [3.63, 3.8) is 0 Å². The summed E-state index contributed by atoms with van der Waals surface area (Å²) in [5, 5.41) is 0. The highest BCUT2D eigenvalue weighted by Gasteiger charge is 2.25. The van der Waals surface area contributed by atoms with Crippen LogP contribution in [0, 0.1) is 6.92 Å². The highest BCUT2D eigenvalue weighted by molar-refractivity contribution is 5.75. The zero-order valence-electron chi connectivity index (χ0n) is 10.5. The van der Waals surface area contributed by atoms with Crippen LogP contribution in [0.1, 0.15) is 30.6 Å². The molecule has 3 nitrogen and oxygen atoms in total. The Kier molecular flexibility index (Phi) is 3.79. The van der Waals surface area contributed by atoms with Crippen molar-refractivity contribution in [3.8, 4) is 0 Å². The lowest BCUT2D eigenvalue weighted by Gasteiger charge is -2.33. The number of carbonyl (C=O) groups excluding carboxylic acids is 1. The van der Waals surface area contributed by atoms with Crippen molar-refractivity contribution in [1.82, 2.24) is 4.90 Å². The summed E-state index contributed by atoms with van der Waals surface area (Å²) in [4.78, 5) is 13.6. The summed E-state index contributed by atoms with van der Waals surface area (Å²) < 4.78 is 5.78. The number of ether oxygens (including phenoxy) is 1. The number of nitrogens with zero attached hydrogens (tertiary/aromatic N) is 1. The number of hydrogen-bond donors (Lipinski definition) is 0. The molecule has 0 bridgehead atoms. The van der Waals surface area contributed by atoms with Gasteiger partial charge in [-0.05, 0) is 18.1 Å². The van der Waals surface area contributed by atoms with Gasteiger partial charge in [-0.3, -0.25) is 4.79 Å². The Morgan fingerprint density at radius 3 is 2.94 bits per heavy atom. The summed E-state index contributed by atoms with van der Waals surface area (Å²) in [6.45, 7) is 6.01. The van der Waals surface area contributed by atoms with E-state index in [0.29, 0.717) is 19.6 Å². The highest BCUT2D eigenvalue weighted by Crippen LogP contribution is 2.25. The molecule has 0 N–H and O–H groups in total. The lowest BCUT2D eigenvalue weighted by molar-refractivity contribution is -0.138. The van der Waals surface area contributed by atoms with E-state index in [1.165, 1.54) is 11.1 Å². The van der Waals surface area contributed by atoms with E-state index in [1.807, 2.05) is 24.0 Å². The van der Waals surface area contributed by atoms with Crippen molar-refractivity contribution in [3.05, 3.63) is 35.4 Å². The molecule has 0 aromatic heterocycles. The summed E-state index contributed by atoms with van der Waals surface area (Å²) in [6.07, 6.45) is 0.598. The van der Waals surface area contributed by atoms with Crippen LogP contribution >= 0.6 is 0 Å². The minimum atomic E-state index is 0.0282. The van der Waals surface area contributed by atoms with Crippen LogP contribution in [-0.2, 0) is 9.53 Å². The molecule has 3 heteroatoms. The second kappa shape index (κ2) is 5.32. The van der Waals surface area contributed by atoms with E-state index in [-0.39, 0.29) is 12.0 Å². The molecule has 0 spiro atoms. The van der Waals surface area contributed by atoms with Crippen LogP contribution in [0.15, 0.2) is 24.3 Å². The number of benzene rings is 1. The molecule has 0 saturated carbocycles. The maximum Gasteiger partial charge on any atom is 0.222 e. The van der Waals surface area contributed by atoms with Crippen LogP contribution in [0.3, 0.4) is 0 Å². The average molecular weight is 233 g/mol. The number of carbonyl (C=O) groups is 1. The third-order valence-corrected chi connectivity index (χ3v) is 3.26. The Morgan fingerprint density at radius 1 is 1.47 bits per heavy atom. The van der Waals surface area contributed by atoms with Crippen LogP contribution in [0.4, 0.5) is 0 Å². The van der Waals surface area contributed by atoms with Gasteiger partial charge < -0.3 is 9.64 Å². The Bertz CT molecular complexity index is 403. The summed E-state index contributed by atoms with van der Waals surface area (Å²) >= 11 is 0. The average Bonchev–Trinajstić information content (AvgIpc) is 2.38. The molecule has 0 aliphatic carbocycles. The quantitative estimate of drug-likeness (QED) is 0.784. The summed E-state index contributed by atoms with van der Waals surface area (Å²) in [7, 11) is 0. The van der Waals surface area contributed by atoms with E-state index in [0.717, 1.165) is 6.54 Å². The summed E-state index contributed by atoms with van der Waals surface area (Å²) in [5.74, 6) is 0.215. The number of hydrogen-bond acceptors (Lipinski definition) is 2. The molecule has 2 rings (SSSR count). The zero-order valence-corrected chi connectivity index (χ0v) is 10.5. The van der Waals surface area contributed by atoms with Gasteiger partial charge in [-0.2, -0.15) is 0 Å². The molecule has 1 fully saturated rings. The van der Waals surface area contributed by atoms with Gasteiger partial charge in [0, 0.05) is 13.0 Å². The molecule has 17 heavy (non-hydrogen) atoms. The van der Waals surface area contributed by atoms with Gasteiger partial charge in [0.05, 0.1) is 13.2 Å².